The maximum atomic E-state index is 11.6. The lowest BCUT2D eigenvalue weighted by molar-refractivity contribution is 0.0988. The second-order valence-corrected chi connectivity index (χ2v) is 4.61. The van der Waals surface area contributed by atoms with E-state index in [0.29, 0.717) is 12.2 Å². The van der Waals surface area contributed by atoms with Gasteiger partial charge in [0.05, 0.1) is 6.54 Å². The number of carbonyl (C=O) groups excluding carboxylic acids is 1. The Morgan fingerprint density at radius 2 is 2.07 bits per heavy atom. The monoisotopic (exact) mass is 206 g/mol. The molecular weight excluding hydrogens is 188 g/mol. The minimum atomic E-state index is -0.0179. The molecule has 1 aromatic heterocycles. The number of hydrogen-bond donors (Lipinski definition) is 1. The van der Waals surface area contributed by atoms with E-state index in [1.165, 1.54) is 0 Å². The number of hydrogen-bond acceptors (Lipinski definition) is 3. The van der Waals surface area contributed by atoms with Crippen molar-refractivity contribution in [3.8, 4) is 0 Å². The van der Waals surface area contributed by atoms with Crippen LogP contribution in [0.25, 0.3) is 0 Å². The van der Waals surface area contributed by atoms with Crippen LogP contribution >= 0.6 is 0 Å². The van der Waals surface area contributed by atoms with Gasteiger partial charge in [-0.2, -0.15) is 0 Å². The molecule has 15 heavy (non-hydrogen) atoms. The molecule has 0 aliphatic rings. The van der Waals surface area contributed by atoms with Crippen molar-refractivity contribution in [2.45, 2.75) is 26.2 Å². The fourth-order valence-corrected chi connectivity index (χ4v) is 1.26. The van der Waals surface area contributed by atoms with Gasteiger partial charge in [-0.15, -0.1) is 0 Å². The number of likely N-dealkylation sites (N-methyl/N-ethyl adjacent to an activating group) is 1. The SMILES string of the molecule is CNCC(=O)c1cccc(C(C)(C)C)n1. The molecule has 1 aromatic rings. The maximum absolute atomic E-state index is 11.6. The van der Waals surface area contributed by atoms with Crippen LogP contribution in [0.15, 0.2) is 18.2 Å². The molecular formula is C12H18N2O. The Kier molecular flexibility index (Phi) is 3.58. The van der Waals surface area contributed by atoms with Crippen molar-refractivity contribution in [2.24, 2.45) is 0 Å². The molecule has 0 fully saturated rings. The number of Topliss-reactive ketones (excluding diaryl/α,β-unsaturated/α-hetero) is 1. The van der Waals surface area contributed by atoms with E-state index >= 15 is 0 Å². The quantitative estimate of drug-likeness (QED) is 0.766. The van der Waals surface area contributed by atoms with Gasteiger partial charge in [-0.3, -0.25) is 4.79 Å². The fourth-order valence-electron chi connectivity index (χ4n) is 1.26. The van der Waals surface area contributed by atoms with E-state index in [0.717, 1.165) is 5.69 Å². The number of pyridine rings is 1. The summed E-state index contributed by atoms with van der Waals surface area (Å²) in [5.74, 6) is 0.0311. The average molecular weight is 206 g/mol. The van der Waals surface area contributed by atoms with Gasteiger partial charge in [0, 0.05) is 11.1 Å². The molecule has 0 saturated heterocycles. The molecule has 82 valence electrons. The summed E-state index contributed by atoms with van der Waals surface area (Å²) in [6, 6.07) is 5.60. The van der Waals surface area contributed by atoms with Crippen LogP contribution in [0, 0.1) is 0 Å². The summed E-state index contributed by atoms with van der Waals surface area (Å²) < 4.78 is 0. The van der Waals surface area contributed by atoms with Crippen LogP contribution in [0.3, 0.4) is 0 Å². The number of ketones is 1. The average Bonchev–Trinajstić information content (AvgIpc) is 2.17. The summed E-state index contributed by atoms with van der Waals surface area (Å²) >= 11 is 0. The van der Waals surface area contributed by atoms with Gasteiger partial charge in [0.1, 0.15) is 5.69 Å². The third-order valence-electron chi connectivity index (χ3n) is 2.14. The summed E-state index contributed by atoms with van der Waals surface area (Å²) in [6.45, 7) is 6.59. The molecule has 1 N–H and O–H groups in total. The molecule has 1 heterocycles. The second-order valence-electron chi connectivity index (χ2n) is 4.61. The fraction of sp³-hybridized carbons (Fsp3) is 0.500. The Balaban J connectivity index is 2.98. The van der Waals surface area contributed by atoms with Crippen molar-refractivity contribution in [3.63, 3.8) is 0 Å². The van der Waals surface area contributed by atoms with Crippen LogP contribution < -0.4 is 5.32 Å². The van der Waals surface area contributed by atoms with Gasteiger partial charge >= 0.3 is 0 Å². The molecule has 0 spiro atoms. The van der Waals surface area contributed by atoms with Crippen LogP contribution in [0.2, 0.25) is 0 Å². The van der Waals surface area contributed by atoms with Gasteiger partial charge in [-0.05, 0) is 19.2 Å². The Morgan fingerprint density at radius 3 is 2.60 bits per heavy atom. The molecule has 0 unspecified atom stereocenters. The molecule has 0 radical (unpaired) electrons. The second kappa shape index (κ2) is 4.53. The summed E-state index contributed by atoms with van der Waals surface area (Å²) in [5, 5.41) is 2.83. The molecule has 3 heteroatoms. The minimum Gasteiger partial charge on any atom is -0.313 e. The maximum Gasteiger partial charge on any atom is 0.194 e. The largest absolute Gasteiger partial charge is 0.313 e. The number of nitrogens with one attached hydrogen (secondary N) is 1. The summed E-state index contributed by atoms with van der Waals surface area (Å²) in [7, 11) is 1.76. The van der Waals surface area contributed by atoms with E-state index in [1.54, 1.807) is 13.1 Å². The van der Waals surface area contributed by atoms with E-state index in [4.69, 9.17) is 0 Å². The van der Waals surface area contributed by atoms with Gasteiger partial charge < -0.3 is 5.32 Å². The van der Waals surface area contributed by atoms with E-state index in [1.807, 2.05) is 12.1 Å². The number of carbonyl (C=O) groups is 1. The Labute approximate surface area is 90.9 Å². The predicted molar refractivity (Wildman–Crippen MR) is 61.2 cm³/mol. The topological polar surface area (TPSA) is 42.0 Å². The summed E-state index contributed by atoms with van der Waals surface area (Å²) in [6.07, 6.45) is 0. The molecule has 0 aliphatic heterocycles. The highest BCUT2D eigenvalue weighted by Crippen LogP contribution is 2.19. The molecule has 0 bridgehead atoms. The van der Waals surface area contributed by atoms with Crippen molar-refractivity contribution in [3.05, 3.63) is 29.6 Å². The molecule has 0 saturated carbocycles. The van der Waals surface area contributed by atoms with Crippen LogP contribution in [-0.4, -0.2) is 24.4 Å². The highest BCUT2D eigenvalue weighted by Gasteiger charge is 2.16. The molecule has 0 atom stereocenters. The van der Waals surface area contributed by atoms with Crippen molar-refractivity contribution in [2.75, 3.05) is 13.6 Å². The van der Waals surface area contributed by atoms with Gasteiger partial charge in [-0.25, -0.2) is 4.98 Å². The summed E-state index contributed by atoms with van der Waals surface area (Å²) in [5.41, 5.74) is 1.47. The molecule has 3 nitrogen and oxygen atoms in total. The zero-order chi connectivity index (χ0) is 11.5. The lowest BCUT2D eigenvalue weighted by atomic mass is 9.91. The van der Waals surface area contributed by atoms with Gasteiger partial charge in [0.2, 0.25) is 0 Å². The normalized spacial score (nSPS) is 11.5. The first-order valence-electron chi connectivity index (χ1n) is 5.10. The van der Waals surface area contributed by atoms with Gasteiger partial charge in [-0.1, -0.05) is 26.8 Å². The van der Waals surface area contributed by atoms with Crippen LogP contribution in [0.1, 0.15) is 37.0 Å². The smallest absolute Gasteiger partial charge is 0.194 e. The minimum absolute atomic E-state index is 0.0179. The number of nitrogens with zero attached hydrogens (tertiary/aromatic N) is 1. The highest BCUT2D eigenvalue weighted by molar-refractivity contribution is 5.95. The van der Waals surface area contributed by atoms with E-state index < -0.39 is 0 Å². The first kappa shape index (κ1) is 11.9. The van der Waals surface area contributed by atoms with E-state index in [9.17, 15) is 4.79 Å². The van der Waals surface area contributed by atoms with Gasteiger partial charge in [0.25, 0.3) is 0 Å². The van der Waals surface area contributed by atoms with E-state index in [-0.39, 0.29) is 11.2 Å². The zero-order valence-electron chi connectivity index (χ0n) is 9.79. The van der Waals surface area contributed by atoms with Gasteiger partial charge in [0.15, 0.2) is 5.78 Å². The molecule has 0 aromatic carbocycles. The van der Waals surface area contributed by atoms with Crippen molar-refractivity contribution < 1.29 is 4.79 Å². The number of rotatable bonds is 3. The predicted octanol–water partition coefficient (Wildman–Crippen LogP) is 1.78. The Bertz CT molecular complexity index is 353. The molecule has 0 amide bonds. The zero-order valence-corrected chi connectivity index (χ0v) is 9.79. The van der Waals surface area contributed by atoms with Crippen molar-refractivity contribution in [1.29, 1.82) is 0 Å². The lowest BCUT2D eigenvalue weighted by Crippen LogP contribution is -2.21. The van der Waals surface area contributed by atoms with Crippen molar-refractivity contribution in [1.82, 2.24) is 10.3 Å². The van der Waals surface area contributed by atoms with Crippen LogP contribution in [-0.2, 0) is 5.41 Å². The Morgan fingerprint density at radius 1 is 1.40 bits per heavy atom. The third kappa shape index (κ3) is 3.13. The lowest BCUT2D eigenvalue weighted by Gasteiger charge is -2.17. The van der Waals surface area contributed by atoms with E-state index in [2.05, 4.69) is 31.1 Å². The first-order chi connectivity index (χ1) is 6.95. The third-order valence-corrected chi connectivity index (χ3v) is 2.14. The standard InChI is InChI=1S/C12H18N2O/c1-12(2,3)11-7-5-6-9(14-11)10(15)8-13-4/h5-7,13H,8H2,1-4H3. The van der Waals surface area contributed by atoms with Crippen molar-refractivity contribution >= 4 is 5.78 Å². The number of aromatic nitrogens is 1. The molecule has 1 rings (SSSR count). The first-order valence-corrected chi connectivity index (χ1v) is 5.10. The summed E-state index contributed by atoms with van der Waals surface area (Å²) in [4.78, 5) is 16.0. The Hall–Kier alpha value is -1.22. The molecule has 0 aliphatic carbocycles. The highest BCUT2D eigenvalue weighted by atomic mass is 16.1. The van der Waals surface area contributed by atoms with Crippen LogP contribution in [0.5, 0.6) is 0 Å². The van der Waals surface area contributed by atoms with Crippen LogP contribution in [0.4, 0.5) is 0 Å².